The van der Waals surface area contributed by atoms with Crippen LogP contribution in [0.25, 0.3) is 0 Å². The van der Waals surface area contributed by atoms with Crippen LogP contribution in [0.1, 0.15) is 35.6 Å². The number of hydrogen-bond acceptors (Lipinski definition) is 5. The van der Waals surface area contributed by atoms with Crippen molar-refractivity contribution in [3.63, 3.8) is 0 Å². The second-order valence-corrected chi connectivity index (χ2v) is 11.8. The van der Waals surface area contributed by atoms with E-state index in [1.165, 1.54) is 17.0 Å². The molecule has 1 saturated heterocycles. The van der Waals surface area contributed by atoms with E-state index in [1.54, 1.807) is 60.7 Å². The lowest BCUT2D eigenvalue weighted by Crippen LogP contribution is -2.48. The molecule has 1 aliphatic rings. The van der Waals surface area contributed by atoms with Crippen LogP contribution < -0.4 is 5.32 Å². The number of nitrogens with one attached hydrogen (secondary N) is 1. The van der Waals surface area contributed by atoms with Crippen LogP contribution in [-0.2, 0) is 37.4 Å². The molecule has 0 spiro atoms. The normalized spacial score (nSPS) is 16.0. The summed E-state index contributed by atoms with van der Waals surface area (Å²) in [6.07, 6.45) is 2.70. The highest BCUT2D eigenvalue weighted by Crippen LogP contribution is 2.25. The van der Waals surface area contributed by atoms with Gasteiger partial charge >= 0.3 is 0 Å². The minimum atomic E-state index is -3.78. The van der Waals surface area contributed by atoms with Crippen LogP contribution in [0.3, 0.4) is 0 Å². The Balaban J connectivity index is 1.67. The average Bonchev–Trinajstić information content (AvgIpc) is 3.47. The van der Waals surface area contributed by atoms with Gasteiger partial charge in [0.15, 0.2) is 0 Å². The number of halogens is 1. The molecule has 2 unspecified atom stereocenters. The van der Waals surface area contributed by atoms with Gasteiger partial charge in [0.2, 0.25) is 21.8 Å². The number of nitrogens with zero attached hydrogens (tertiary/aromatic N) is 2. The Kier molecular flexibility index (Phi) is 10.0. The fraction of sp³-hybridized carbons (Fsp3) is 0.333. The maximum atomic E-state index is 14.0. The molecule has 3 aromatic rings. The summed E-state index contributed by atoms with van der Waals surface area (Å²) in [6, 6.07) is 22.4. The molecule has 0 aromatic heterocycles. The molecule has 0 aliphatic carbocycles. The summed E-state index contributed by atoms with van der Waals surface area (Å²) in [7, 11) is -3.78. The SMILES string of the molecule is CS(=O)(=O)N(CC(=O)N(Cc1ccc(F)cc1)C(C(=O)NCC1CCCO1)c1ccccc1)Cc1ccccc1. The molecule has 0 bridgehead atoms. The lowest BCUT2D eigenvalue weighted by Gasteiger charge is -2.33. The van der Waals surface area contributed by atoms with Crippen molar-refractivity contribution in [2.75, 3.05) is 26.0 Å². The lowest BCUT2D eigenvalue weighted by molar-refractivity contribution is -0.142. The molecular formula is C30H34FN3O5S. The van der Waals surface area contributed by atoms with E-state index in [9.17, 15) is 22.4 Å². The third-order valence-corrected chi connectivity index (χ3v) is 7.97. The molecule has 3 aromatic carbocycles. The van der Waals surface area contributed by atoms with Gasteiger partial charge in [-0.2, -0.15) is 4.31 Å². The molecule has 0 saturated carbocycles. The smallest absolute Gasteiger partial charge is 0.247 e. The van der Waals surface area contributed by atoms with E-state index in [4.69, 9.17) is 4.74 Å². The van der Waals surface area contributed by atoms with Crippen molar-refractivity contribution < 1.29 is 27.1 Å². The van der Waals surface area contributed by atoms with E-state index in [0.717, 1.165) is 29.0 Å². The van der Waals surface area contributed by atoms with Gasteiger partial charge in [0.25, 0.3) is 0 Å². The fourth-order valence-corrected chi connectivity index (χ4v) is 5.38. The highest BCUT2D eigenvalue weighted by Gasteiger charge is 2.34. The summed E-state index contributed by atoms with van der Waals surface area (Å²) in [5.74, 6) is -1.40. The number of ether oxygens (including phenoxy) is 1. The van der Waals surface area contributed by atoms with Gasteiger partial charge in [-0.3, -0.25) is 9.59 Å². The Hall–Kier alpha value is -3.60. The lowest BCUT2D eigenvalue weighted by atomic mass is 10.0. The predicted octanol–water partition coefficient (Wildman–Crippen LogP) is 3.65. The number of amides is 2. The van der Waals surface area contributed by atoms with Crippen molar-refractivity contribution in [2.45, 2.75) is 38.1 Å². The third kappa shape index (κ3) is 8.20. The van der Waals surface area contributed by atoms with Crippen molar-refractivity contribution in [3.05, 3.63) is 107 Å². The quantitative estimate of drug-likeness (QED) is 0.361. The first-order chi connectivity index (χ1) is 19.2. The monoisotopic (exact) mass is 567 g/mol. The molecule has 2 atom stereocenters. The number of carbonyl (C=O) groups excluding carboxylic acids is 2. The second-order valence-electron chi connectivity index (χ2n) is 9.86. The van der Waals surface area contributed by atoms with E-state index < -0.39 is 40.2 Å². The van der Waals surface area contributed by atoms with Gasteiger partial charge in [0.1, 0.15) is 11.9 Å². The Bertz CT molecular complexity index is 1370. The van der Waals surface area contributed by atoms with Crippen molar-refractivity contribution in [1.29, 1.82) is 0 Å². The number of carbonyl (C=O) groups is 2. The third-order valence-electron chi connectivity index (χ3n) is 6.77. The number of sulfonamides is 1. The molecule has 10 heteroatoms. The van der Waals surface area contributed by atoms with Crippen molar-refractivity contribution >= 4 is 21.8 Å². The molecular weight excluding hydrogens is 533 g/mol. The van der Waals surface area contributed by atoms with E-state index in [0.29, 0.717) is 24.3 Å². The average molecular weight is 568 g/mol. The highest BCUT2D eigenvalue weighted by molar-refractivity contribution is 7.88. The van der Waals surface area contributed by atoms with Crippen LogP contribution in [0.4, 0.5) is 4.39 Å². The summed E-state index contributed by atoms with van der Waals surface area (Å²) in [5, 5.41) is 2.93. The Morgan fingerprint density at radius 1 is 0.950 bits per heavy atom. The van der Waals surface area contributed by atoms with Crippen molar-refractivity contribution in [3.8, 4) is 0 Å². The van der Waals surface area contributed by atoms with Gasteiger partial charge in [-0.1, -0.05) is 72.8 Å². The first-order valence-corrected chi connectivity index (χ1v) is 15.0. The number of rotatable bonds is 12. The maximum absolute atomic E-state index is 14.0. The van der Waals surface area contributed by atoms with Crippen LogP contribution in [-0.4, -0.2) is 61.5 Å². The van der Waals surface area contributed by atoms with Gasteiger partial charge in [0, 0.05) is 26.2 Å². The van der Waals surface area contributed by atoms with E-state index in [2.05, 4.69) is 5.32 Å². The van der Waals surface area contributed by atoms with E-state index in [-0.39, 0.29) is 19.2 Å². The van der Waals surface area contributed by atoms with Crippen LogP contribution in [0.5, 0.6) is 0 Å². The molecule has 4 rings (SSSR count). The Morgan fingerprint density at radius 3 is 2.17 bits per heavy atom. The summed E-state index contributed by atoms with van der Waals surface area (Å²) >= 11 is 0. The van der Waals surface area contributed by atoms with Crippen LogP contribution in [0.15, 0.2) is 84.9 Å². The van der Waals surface area contributed by atoms with E-state index >= 15 is 0 Å². The minimum Gasteiger partial charge on any atom is -0.376 e. The molecule has 2 amide bonds. The van der Waals surface area contributed by atoms with Gasteiger partial charge < -0.3 is 15.0 Å². The zero-order valence-electron chi connectivity index (χ0n) is 22.4. The molecule has 40 heavy (non-hydrogen) atoms. The summed E-state index contributed by atoms with van der Waals surface area (Å²) in [6.45, 7) is 0.425. The van der Waals surface area contributed by atoms with Crippen LogP contribution in [0, 0.1) is 5.82 Å². The second kappa shape index (κ2) is 13.6. The summed E-state index contributed by atoms with van der Waals surface area (Å²) in [5.41, 5.74) is 1.88. The molecule has 1 heterocycles. The molecule has 8 nitrogen and oxygen atoms in total. The zero-order valence-corrected chi connectivity index (χ0v) is 23.2. The summed E-state index contributed by atoms with van der Waals surface area (Å²) < 4.78 is 45.9. The highest BCUT2D eigenvalue weighted by atomic mass is 32.2. The van der Waals surface area contributed by atoms with Crippen LogP contribution >= 0.6 is 0 Å². The van der Waals surface area contributed by atoms with E-state index in [1.807, 2.05) is 12.1 Å². The first-order valence-electron chi connectivity index (χ1n) is 13.2. The standard InChI is InChI=1S/C30H34FN3O5S/c1-40(37,38)33(20-23-9-4-2-5-10-23)22-28(35)34(21-24-14-16-26(31)17-15-24)29(25-11-6-3-7-12-25)30(36)32-19-27-13-8-18-39-27/h2-7,9-12,14-17,27,29H,8,13,18-22H2,1H3,(H,32,36). The maximum Gasteiger partial charge on any atom is 0.247 e. The topological polar surface area (TPSA) is 96.0 Å². The number of hydrogen-bond donors (Lipinski definition) is 1. The molecule has 1 fully saturated rings. The van der Waals surface area contributed by atoms with Gasteiger partial charge in [-0.15, -0.1) is 0 Å². The van der Waals surface area contributed by atoms with Crippen LogP contribution in [0.2, 0.25) is 0 Å². The molecule has 1 aliphatic heterocycles. The van der Waals surface area contributed by atoms with Gasteiger partial charge in [-0.05, 0) is 41.7 Å². The molecule has 0 radical (unpaired) electrons. The Labute approximate surface area is 234 Å². The zero-order chi connectivity index (χ0) is 28.5. The van der Waals surface area contributed by atoms with Crippen molar-refractivity contribution in [2.24, 2.45) is 0 Å². The predicted molar refractivity (Wildman–Crippen MR) is 150 cm³/mol. The molecule has 1 N–H and O–H groups in total. The van der Waals surface area contributed by atoms with Crippen molar-refractivity contribution in [1.82, 2.24) is 14.5 Å². The minimum absolute atomic E-state index is 0.00296. The van der Waals surface area contributed by atoms with Gasteiger partial charge in [-0.25, -0.2) is 12.8 Å². The molecule has 212 valence electrons. The van der Waals surface area contributed by atoms with Gasteiger partial charge in [0.05, 0.1) is 18.9 Å². The summed E-state index contributed by atoms with van der Waals surface area (Å²) in [4.78, 5) is 29.1. The largest absolute Gasteiger partial charge is 0.376 e. The Morgan fingerprint density at radius 2 is 1.57 bits per heavy atom. The number of benzene rings is 3. The fourth-order valence-electron chi connectivity index (χ4n) is 4.65. The first kappa shape index (κ1) is 29.4.